The summed E-state index contributed by atoms with van der Waals surface area (Å²) in [5.41, 5.74) is 10.5. The molecule has 190 valence electrons. The summed E-state index contributed by atoms with van der Waals surface area (Å²) >= 11 is 0. The Morgan fingerprint density at radius 3 is 2.25 bits per heavy atom. The molecule has 0 fully saturated rings. The van der Waals surface area contributed by atoms with E-state index in [0.717, 1.165) is 28.0 Å². The summed E-state index contributed by atoms with van der Waals surface area (Å²) in [5, 5.41) is 10.6. The molecule has 0 bridgehead atoms. The van der Waals surface area contributed by atoms with Gasteiger partial charge in [-0.15, -0.1) is 0 Å². The van der Waals surface area contributed by atoms with Gasteiger partial charge in [0.2, 0.25) is 0 Å². The second-order valence-corrected chi connectivity index (χ2v) is 8.47. The smallest absolute Gasteiger partial charge is 0.311 e. The fourth-order valence-electron chi connectivity index (χ4n) is 3.94. The molecule has 3 aromatic rings. The van der Waals surface area contributed by atoms with E-state index in [-0.39, 0.29) is 17.2 Å². The summed E-state index contributed by atoms with van der Waals surface area (Å²) in [5.74, 6) is -0.548. The lowest BCUT2D eigenvalue weighted by atomic mass is 9.92. The maximum Gasteiger partial charge on any atom is 0.311 e. The van der Waals surface area contributed by atoms with Gasteiger partial charge in [-0.25, -0.2) is 0 Å². The molecule has 1 unspecified atom stereocenters. The average molecular weight is 492 g/mol. The first kappa shape index (κ1) is 28.1. The molecule has 1 amide bonds. The van der Waals surface area contributed by atoms with Crippen molar-refractivity contribution < 1.29 is 24.5 Å². The molecule has 8 heteroatoms. The number of methoxy groups -OCH3 is 2. The van der Waals surface area contributed by atoms with Crippen LogP contribution in [0.4, 0.5) is 0 Å². The number of amides is 1. The molecule has 0 spiro atoms. The number of nitrogen functional groups attached to an aromatic ring is 1. The van der Waals surface area contributed by atoms with Gasteiger partial charge in [0.05, 0.1) is 20.1 Å². The molecule has 36 heavy (non-hydrogen) atoms. The Hall–Kier alpha value is -4.17. The second kappa shape index (κ2) is 12.5. The van der Waals surface area contributed by atoms with Crippen LogP contribution in [0.5, 0.6) is 5.75 Å². The third-order valence-corrected chi connectivity index (χ3v) is 6.05. The highest BCUT2D eigenvalue weighted by molar-refractivity contribution is 5.95. The Labute approximate surface area is 211 Å². The van der Waals surface area contributed by atoms with Gasteiger partial charge < -0.3 is 26.0 Å². The van der Waals surface area contributed by atoms with E-state index >= 15 is 0 Å². The molecule has 0 aliphatic carbocycles. The van der Waals surface area contributed by atoms with E-state index in [4.69, 9.17) is 20.6 Å². The Kier molecular flexibility index (Phi) is 9.75. The zero-order valence-corrected chi connectivity index (χ0v) is 20.9. The molecule has 0 aliphatic heterocycles. The van der Waals surface area contributed by atoms with Crippen LogP contribution < -0.4 is 15.8 Å². The first-order chi connectivity index (χ1) is 16.7. The van der Waals surface area contributed by atoms with Crippen molar-refractivity contribution in [2.24, 2.45) is 11.7 Å². The highest BCUT2D eigenvalue weighted by Crippen LogP contribution is 2.27. The SMILES string of the molecule is COC(=O)[C@@H](Cc1cccc(C(=N)N)c1)C(C)NC(=O)c1ccc(-c2ccc(C)c(OC)c2)cc1.O. The molecule has 3 rings (SSSR count). The Balaban J connectivity index is 0.00000456. The van der Waals surface area contributed by atoms with E-state index in [1.165, 1.54) is 7.11 Å². The van der Waals surface area contributed by atoms with Crippen molar-refractivity contribution in [3.05, 3.63) is 89.0 Å². The fourth-order valence-corrected chi connectivity index (χ4v) is 3.94. The number of aryl methyl sites for hydroxylation is 1. The molecule has 6 N–H and O–H groups in total. The number of esters is 1. The van der Waals surface area contributed by atoms with Gasteiger partial charge in [0.1, 0.15) is 11.6 Å². The van der Waals surface area contributed by atoms with Crippen LogP contribution in [0.3, 0.4) is 0 Å². The molecular weight excluding hydrogens is 458 g/mol. The number of nitrogens with one attached hydrogen (secondary N) is 2. The number of hydrogen-bond donors (Lipinski definition) is 3. The number of hydrogen-bond acceptors (Lipinski definition) is 5. The minimum absolute atomic E-state index is 0. The molecule has 0 aliphatic rings. The number of rotatable bonds is 9. The number of amidine groups is 1. The molecule has 0 heterocycles. The van der Waals surface area contributed by atoms with Gasteiger partial charge in [0.15, 0.2) is 0 Å². The molecule has 8 nitrogen and oxygen atoms in total. The van der Waals surface area contributed by atoms with Crippen LogP contribution >= 0.6 is 0 Å². The van der Waals surface area contributed by atoms with Crippen molar-refractivity contribution >= 4 is 17.7 Å². The van der Waals surface area contributed by atoms with Gasteiger partial charge >= 0.3 is 5.97 Å². The van der Waals surface area contributed by atoms with E-state index in [1.54, 1.807) is 44.4 Å². The maximum absolute atomic E-state index is 12.9. The summed E-state index contributed by atoms with van der Waals surface area (Å²) in [6.45, 7) is 3.76. The number of nitrogens with two attached hydrogens (primary N) is 1. The minimum atomic E-state index is -0.606. The molecule has 2 atom stereocenters. The molecule has 3 aromatic carbocycles. The number of ether oxygens (including phenoxy) is 2. The zero-order chi connectivity index (χ0) is 25.5. The van der Waals surface area contributed by atoms with Crippen LogP contribution in [-0.2, 0) is 16.0 Å². The van der Waals surface area contributed by atoms with Crippen LogP contribution in [0, 0.1) is 18.3 Å². The predicted octanol–water partition coefficient (Wildman–Crippen LogP) is 3.28. The fraction of sp³-hybridized carbons (Fsp3) is 0.250. The third kappa shape index (κ3) is 6.70. The largest absolute Gasteiger partial charge is 0.496 e. The number of carbonyl (C=O) groups excluding carboxylic acids is 2. The lowest BCUT2D eigenvalue weighted by molar-refractivity contribution is -0.146. The van der Waals surface area contributed by atoms with E-state index in [2.05, 4.69) is 5.32 Å². The minimum Gasteiger partial charge on any atom is -0.496 e. The van der Waals surface area contributed by atoms with Crippen LogP contribution in [-0.4, -0.2) is 43.4 Å². The topological polar surface area (TPSA) is 146 Å². The van der Waals surface area contributed by atoms with Gasteiger partial charge in [-0.2, -0.15) is 0 Å². The van der Waals surface area contributed by atoms with Gasteiger partial charge in [0.25, 0.3) is 5.91 Å². The average Bonchev–Trinajstić information content (AvgIpc) is 2.87. The summed E-state index contributed by atoms with van der Waals surface area (Å²) in [6, 6.07) is 19.9. The van der Waals surface area contributed by atoms with Crippen LogP contribution in [0.25, 0.3) is 11.1 Å². The van der Waals surface area contributed by atoms with E-state index in [0.29, 0.717) is 17.5 Å². The lowest BCUT2D eigenvalue weighted by Gasteiger charge is -2.23. The van der Waals surface area contributed by atoms with Gasteiger partial charge in [-0.3, -0.25) is 15.0 Å². The van der Waals surface area contributed by atoms with Crippen LogP contribution in [0.2, 0.25) is 0 Å². The summed E-state index contributed by atoms with van der Waals surface area (Å²) < 4.78 is 10.4. The Morgan fingerprint density at radius 2 is 1.64 bits per heavy atom. The molecule has 0 saturated carbocycles. The first-order valence-corrected chi connectivity index (χ1v) is 11.3. The highest BCUT2D eigenvalue weighted by Gasteiger charge is 2.28. The first-order valence-electron chi connectivity index (χ1n) is 11.3. The Morgan fingerprint density at radius 1 is 0.972 bits per heavy atom. The molecular formula is C28H33N3O5. The van der Waals surface area contributed by atoms with E-state index in [1.807, 2.05) is 43.3 Å². The standard InChI is InChI=1S/C28H31N3O4.H2O/c1-17-8-9-22(16-25(17)34-3)20-10-12-21(13-11-20)27(32)31-18(2)24(28(33)35-4)15-19-6-5-7-23(14-19)26(29)30;/h5-14,16,18,24H,15H2,1-4H3,(H3,29,30)(H,31,32);1H2/t18?,24-;/m0./s1. The lowest BCUT2D eigenvalue weighted by Crippen LogP contribution is -2.42. The quantitative estimate of drug-likeness (QED) is 0.239. The summed E-state index contributed by atoms with van der Waals surface area (Å²) in [6.07, 6.45) is 0.337. The van der Waals surface area contributed by atoms with E-state index in [9.17, 15) is 9.59 Å². The molecule has 0 saturated heterocycles. The normalized spacial score (nSPS) is 12.0. The monoisotopic (exact) mass is 491 g/mol. The molecule has 0 radical (unpaired) electrons. The maximum atomic E-state index is 12.9. The highest BCUT2D eigenvalue weighted by atomic mass is 16.5. The summed E-state index contributed by atoms with van der Waals surface area (Å²) in [7, 11) is 2.97. The van der Waals surface area contributed by atoms with Crippen molar-refractivity contribution in [3.8, 4) is 16.9 Å². The summed E-state index contributed by atoms with van der Waals surface area (Å²) in [4.78, 5) is 25.5. The van der Waals surface area contributed by atoms with E-state index < -0.39 is 17.9 Å². The Bertz CT molecular complexity index is 1220. The van der Waals surface area contributed by atoms with Gasteiger partial charge in [0, 0.05) is 17.2 Å². The second-order valence-electron chi connectivity index (χ2n) is 8.47. The molecule has 0 aromatic heterocycles. The van der Waals surface area contributed by atoms with Crippen LogP contribution in [0.1, 0.15) is 34.0 Å². The number of benzene rings is 3. The van der Waals surface area contributed by atoms with Crippen molar-refractivity contribution in [1.82, 2.24) is 5.32 Å². The van der Waals surface area contributed by atoms with Crippen molar-refractivity contribution in [1.29, 1.82) is 5.41 Å². The third-order valence-electron chi connectivity index (χ3n) is 6.05. The van der Waals surface area contributed by atoms with Gasteiger partial charge in [-0.05, 0) is 66.8 Å². The number of carbonyl (C=O) groups is 2. The van der Waals surface area contributed by atoms with Crippen molar-refractivity contribution in [3.63, 3.8) is 0 Å². The van der Waals surface area contributed by atoms with Crippen molar-refractivity contribution in [2.45, 2.75) is 26.3 Å². The van der Waals surface area contributed by atoms with Crippen molar-refractivity contribution in [2.75, 3.05) is 14.2 Å². The van der Waals surface area contributed by atoms with Crippen LogP contribution in [0.15, 0.2) is 66.7 Å². The predicted molar refractivity (Wildman–Crippen MR) is 140 cm³/mol. The van der Waals surface area contributed by atoms with Gasteiger partial charge in [-0.1, -0.05) is 42.5 Å². The zero-order valence-electron chi connectivity index (χ0n) is 20.9.